The quantitative estimate of drug-likeness (QED) is 0.476. The van der Waals surface area contributed by atoms with Crippen molar-refractivity contribution in [3.8, 4) is 5.75 Å². The van der Waals surface area contributed by atoms with Crippen molar-refractivity contribution in [2.24, 2.45) is 5.92 Å². The highest BCUT2D eigenvalue weighted by atomic mass is 16.5. The summed E-state index contributed by atoms with van der Waals surface area (Å²) < 4.78 is 10.9. The fraction of sp³-hybridized carbons (Fsp3) is 0.259. The Bertz CT molecular complexity index is 1120. The molecule has 0 radical (unpaired) electrons. The summed E-state index contributed by atoms with van der Waals surface area (Å²) in [6.07, 6.45) is -0.417. The van der Waals surface area contributed by atoms with Crippen LogP contribution in [-0.4, -0.2) is 25.1 Å². The van der Waals surface area contributed by atoms with Gasteiger partial charge in [-0.2, -0.15) is 0 Å². The van der Waals surface area contributed by atoms with E-state index in [1.807, 2.05) is 48.5 Å². The third kappa shape index (κ3) is 4.85. The van der Waals surface area contributed by atoms with Crippen LogP contribution in [0.2, 0.25) is 0 Å². The Morgan fingerprint density at radius 2 is 1.70 bits per heavy atom. The van der Waals surface area contributed by atoms with Gasteiger partial charge in [0.15, 0.2) is 0 Å². The summed E-state index contributed by atoms with van der Waals surface area (Å²) in [7, 11) is 0. The van der Waals surface area contributed by atoms with Crippen LogP contribution in [-0.2, 0) is 4.74 Å². The van der Waals surface area contributed by atoms with Crippen molar-refractivity contribution in [3.63, 3.8) is 0 Å². The summed E-state index contributed by atoms with van der Waals surface area (Å²) in [6.45, 7) is 6.94. The molecule has 3 aromatic rings. The highest BCUT2D eigenvalue weighted by Gasteiger charge is 2.34. The molecule has 1 amide bonds. The van der Waals surface area contributed by atoms with Crippen LogP contribution >= 0.6 is 0 Å². The third-order valence-corrected chi connectivity index (χ3v) is 5.36. The van der Waals surface area contributed by atoms with Crippen molar-refractivity contribution in [3.05, 3.63) is 89.5 Å². The number of esters is 1. The zero-order valence-electron chi connectivity index (χ0n) is 19.1. The molecule has 6 nitrogen and oxygen atoms in total. The zero-order valence-corrected chi connectivity index (χ0v) is 19.1. The molecule has 0 spiro atoms. The van der Waals surface area contributed by atoms with Crippen molar-refractivity contribution in [1.82, 2.24) is 0 Å². The molecule has 0 bridgehead atoms. The van der Waals surface area contributed by atoms with Gasteiger partial charge in [-0.15, -0.1) is 0 Å². The molecule has 170 valence electrons. The van der Waals surface area contributed by atoms with Gasteiger partial charge in [-0.25, -0.2) is 4.79 Å². The number of rotatable bonds is 7. The minimum absolute atomic E-state index is 0.113. The van der Waals surface area contributed by atoms with Gasteiger partial charge < -0.3 is 14.8 Å². The van der Waals surface area contributed by atoms with Crippen molar-refractivity contribution in [2.45, 2.75) is 26.9 Å². The molecule has 1 aliphatic heterocycles. The highest BCUT2D eigenvalue weighted by molar-refractivity contribution is 6.12. The molecule has 1 heterocycles. The molecule has 0 saturated carbocycles. The number of nitrogens with zero attached hydrogens (tertiary/aromatic N) is 1. The molecule has 4 rings (SSSR count). The molecule has 1 atom stereocenters. The largest absolute Gasteiger partial charge is 0.493 e. The van der Waals surface area contributed by atoms with E-state index >= 15 is 0 Å². The zero-order chi connectivity index (χ0) is 23.4. The molecule has 0 aromatic heterocycles. The molecule has 1 N–H and O–H groups in total. The Morgan fingerprint density at radius 3 is 2.36 bits per heavy atom. The Morgan fingerprint density at radius 1 is 1.00 bits per heavy atom. The van der Waals surface area contributed by atoms with Crippen molar-refractivity contribution >= 4 is 23.3 Å². The number of carbonyl (C=O) groups is 2. The first-order valence-corrected chi connectivity index (χ1v) is 11.2. The lowest BCUT2D eigenvalue weighted by atomic mass is 10.0. The van der Waals surface area contributed by atoms with Crippen LogP contribution in [0, 0.1) is 5.92 Å². The lowest BCUT2D eigenvalue weighted by Gasteiger charge is -2.38. The summed E-state index contributed by atoms with van der Waals surface area (Å²) in [5.74, 6) is 0.733. The Hall–Kier alpha value is -3.80. The van der Waals surface area contributed by atoms with E-state index in [1.165, 1.54) is 0 Å². The monoisotopic (exact) mass is 444 g/mol. The topological polar surface area (TPSA) is 67.9 Å². The van der Waals surface area contributed by atoms with E-state index < -0.39 is 6.17 Å². The van der Waals surface area contributed by atoms with E-state index in [9.17, 15) is 9.59 Å². The SMILES string of the molecule is CCOC(=O)c1ccc(N2C(=O)c3ccccc3N[C@H]2c2ccc(OCC(C)C)cc2)cc1. The number of carbonyl (C=O) groups excluding carboxylic acids is 2. The van der Waals surface area contributed by atoms with Crippen LogP contribution in [0.25, 0.3) is 0 Å². The van der Waals surface area contributed by atoms with Crippen LogP contribution in [0.1, 0.15) is 53.2 Å². The van der Waals surface area contributed by atoms with E-state index in [0.717, 1.165) is 17.0 Å². The van der Waals surface area contributed by atoms with E-state index in [0.29, 0.717) is 35.9 Å². The van der Waals surface area contributed by atoms with Gasteiger partial charge in [-0.1, -0.05) is 38.1 Å². The Balaban J connectivity index is 1.68. The molecule has 1 aliphatic rings. The number of hydrogen-bond acceptors (Lipinski definition) is 5. The number of amides is 1. The molecular formula is C27H28N2O4. The van der Waals surface area contributed by atoms with Crippen LogP contribution in [0.5, 0.6) is 5.75 Å². The first-order valence-electron chi connectivity index (χ1n) is 11.2. The Kier molecular flexibility index (Phi) is 6.63. The number of para-hydroxylation sites is 1. The molecule has 3 aromatic carbocycles. The molecule has 33 heavy (non-hydrogen) atoms. The van der Waals surface area contributed by atoms with Gasteiger partial charge >= 0.3 is 5.97 Å². The highest BCUT2D eigenvalue weighted by Crippen LogP contribution is 2.37. The Labute approximate surface area is 194 Å². The van der Waals surface area contributed by atoms with Gasteiger partial charge in [-0.05, 0) is 66.9 Å². The molecular weight excluding hydrogens is 416 g/mol. The van der Waals surface area contributed by atoms with Crippen LogP contribution < -0.4 is 15.0 Å². The van der Waals surface area contributed by atoms with Crippen LogP contribution in [0.3, 0.4) is 0 Å². The lowest BCUT2D eigenvalue weighted by Crippen LogP contribution is -2.43. The molecule has 0 unspecified atom stereocenters. The molecule has 0 fully saturated rings. The summed E-state index contributed by atoms with van der Waals surface area (Å²) in [4.78, 5) is 27.3. The third-order valence-electron chi connectivity index (χ3n) is 5.36. The van der Waals surface area contributed by atoms with Crippen molar-refractivity contribution in [1.29, 1.82) is 0 Å². The average molecular weight is 445 g/mol. The van der Waals surface area contributed by atoms with Gasteiger partial charge in [0.2, 0.25) is 0 Å². The standard InChI is InChI=1S/C27H28N2O4/c1-4-32-27(31)20-9-13-21(14-10-20)29-25(28-24-8-6-5-7-23(24)26(29)30)19-11-15-22(16-12-19)33-17-18(2)3/h5-16,18,25,28H,4,17H2,1-3H3/t25-/m1/s1. The number of fused-ring (bicyclic) bond motifs is 1. The van der Waals surface area contributed by atoms with Crippen molar-refractivity contribution < 1.29 is 19.1 Å². The molecule has 0 saturated heterocycles. The second-order valence-corrected chi connectivity index (χ2v) is 8.31. The van der Waals surface area contributed by atoms with Crippen LogP contribution in [0.15, 0.2) is 72.8 Å². The van der Waals surface area contributed by atoms with Crippen molar-refractivity contribution in [2.75, 3.05) is 23.4 Å². The van der Waals surface area contributed by atoms with E-state index in [2.05, 4.69) is 19.2 Å². The molecule has 6 heteroatoms. The summed E-state index contributed by atoms with van der Waals surface area (Å²) >= 11 is 0. The van der Waals surface area contributed by atoms with E-state index in [-0.39, 0.29) is 11.9 Å². The fourth-order valence-corrected chi connectivity index (χ4v) is 3.73. The van der Waals surface area contributed by atoms with E-state index in [4.69, 9.17) is 9.47 Å². The summed E-state index contributed by atoms with van der Waals surface area (Å²) in [5.41, 5.74) is 3.43. The first-order chi connectivity index (χ1) is 16.0. The summed E-state index contributed by atoms with van der Waals surface area (Å²) in [6, 6.07) is 22.2. The maximum atomic E-state index is 13.5. The maximum Gasteiger partial charge on any atom is 0.338 e. The second-order valence-electron chi connectivity index (χ2n) is 8.31. The number of benzene rings is 3. The van der Waals surface area contributed by atoms with Gasteiger partial charge in [0.05, 0.1) is 24.3 Å². The number of anilines is 2. The average Bonchev–Trinajstić information content (AvgIpc) is 2.83. The predicted octanol–water partition coefficient (Wildman–Crippen LogP) is 5.67. The maximum absolute atomic E-state index is 13.5. The van der Waals surface area contributed by atoms with Crippen LogP contribution in [0.4, 0.5) is 11.4 Å². The number of ether oxygens (including phenoxy) is 2. The van der Waals surface area contributed by atoms with Gasteiger partial charge in [-0.3, -0.25) is 9.69 Å². The van der Waals surface area contributed by atoms with Gasteiger partial charge in [0.1, 0.15) is 11.9 Å². The summed E-state index contributed by atoms with van der Waals surface area (Å²) in [5, 5.41) is 3.49. The normalized spacial score (nSPS) is 15.1. The van der Waals surface area contributed by atoms with E-state index in [1.54, 1.807) is 36.1 Å². The minimum Gasteiger partial charge on any atom is -0.493 e. The van der Waals surface area contributed by atoms with Gasteiger partial charge in [0, 0.05) is 11.4 Å². The lowest BCUT2D eigenvalue weighted by molar-refractivity contribution is 0.0526. The minimum atomic E-state index is -0.417. The molecule has 0 aliphatic carbocycles. The fourth-order valence-electron chi connectivity index (χ4n) is 3.73. The second kappa shape index (κ2) is 9.77. The smallest absolute Gasteiger partial charge is 0.338 e. The van der Waals surface area contributed by atoms with Gasteiger partial charge in [0.25, 0.3) is 5.91 Å². The number of nitrogens with one attached hydrogen (secondary N) is 1. The first kappa shape index (κ1) is 22.4. The predicted molar refractivity (Wildman–Crippen MR) is 129 cm³/mol. The number of hydrogen-bond donors (Lipinski definition) is 1.